The molecule has 3 heterocycles. The summed E-state index contributed by atoms with van der Waals surface area (Å²) in [5.74, 6) is 0.154. The maximum Gasteiger partial charge on any atom is 0.315 e. The quantitative estimate of drug-likeness (QED) is 0.0996. The fourth-order valence-corrected chi connectivity index (χ4v) is 14.5. The normalized spacial score (nSPS) is 53.5. The van der Waals surface area contributed by atoms with E-state index in [-0.39, 0.29) is 58.2 Å². The van der Waals surface area contributed by atoms with Crippen LogP contribution in [0.2, 0.25) is 0 Å². The van der Waals surface area contributed by atoms with Crippen molar-refractivity contribution in [2.45, 2.75) is 199 Å². The van der Waals surface area contributed by atoms with Gasteiger partial charge in [0, 0.05) is 0 Å². The Morgan fingerprint density at radius 2 is 1.35 bits per heavy atom. The summed E-state index contributed by atoms with van der Waals surface area (Å²) < 4.78 is 35.3. The third-order valence-electron chi connectivity index (χ3n) is 18.6. The molecule has 3 aliphatic heterocycles. The van der Waals surface area contributed by atoms with Crippen LogP contribution >= 0.6 is 0 Å². The van der Waals surface area contributed by atoms with Crippen LogP contribution in [-0.2, 0) is 33.2 Å². The van der Waals surface area contributed by atoms with Crippen molar-refractivity contribution in [3.05, 3.63) is 11.6 Å². The van der Waals surface area contributed by atoms with E-state index in [4.69, 9.17) is 28.4 Å². The molecule has 4 unspecified atom stereocenters. The van der Waals surface area contributed by atoms with Gasteiger partial charge in [0.15, 0.2) is 12.6 Å². The molecule has 8 aliphatic rings. The molecule has 16 heteroatoms. The number of hydrogen-bond donors (Lipinski definition) is 9. The maximum absolute atomic E-state index is 14.5. The number of esters is 1. The molecule has 7 fully saturated rings. The third kappa shape index (κ3) is 7.28. The van der Waals surface area contributed by atoms with Crippen LogP contribution in [0.25, 0.3) is 0 Å². The third-order valence-corrected chi connectivity index (χ3v) is 18.6. The second-order valence-electron chi connectivity index (χ2n) is 22.6. The molecule has 62 heavy (non-hydrogen) atoms. The van der Waals surface area contributed by atoms with Gasteiger partial charge in [0.1, 0.15) is 61.0 Å². The highest BCUT2D eigenvalue weighted by molar-refractivity contribution is 5.79. The molecule has 4 saturated carbocycles. The number of aliphatic hydroxyl groups excluding tert-OH is 9. The molecule has 0 aromatic carbocycles. The summed E-state index contributed by atoms with van der Waals surface area (Å²) in [5, 5.41) is 94.0. The lowest BCUT2D eigenvalue weighted by atomic mass is 9.33. The van der Waals surface area contributed by atoms with Crippen molar-refractivity contribution >= 4 is 5.97 Å². The van der Waals surface area contributed by atoms with E-state index < -0.39 is 97.9 Å². The average molecular weight is 883 g/mol. The number of carbonyl (C=O) groups excluding carboxylic acids is 1. The van der Waals surface area contributed by atoms with Crippen LogP contribution in [0.1, 0.15) is 113 Å². The first-order valence-electron chi connectivity index (χ1n) is 23.1. The Morgan fingerprint density at radius 1 is 0.694 bits per heavy atom. The van der Waals surface area contributed by atoms with E-state index in [1.807, 2.05) is 0 Å². The van der Waals surface area contributed by atoms with Crippen LogP contribution < -0.4 is 0 Å². The van der Waals surface area contributed by atoms with Gasteiger partial charge in [-0.3, -0.25) is 4.79 Å². The zero-order valence-electron chi connectivity index (χ0n) is 37.5. The summed E-state index contributed by atoms with van der Waals surface area (Å²) in [6.45, 7) is 15.3. The topological polar surface area (TPSA) is 255 Å². The second kappa shape index (κ2) is 16.5. The average Bonchev–Trinajstić information content (AvgIpc) is 3.21. The van der Waals surface area contributed by atoms with Crippen LogP contribution in [0, 0.1) is 50.2 Å². The van der Waals surface area contributed by atoms with Crippen LogP contribution in [0.5, 0.6) is 0 Å². The summed E-state index contributed by atoms with van der Waals surface area (Å²) >= 11 is 0. The molecule has 5 aliphatic carbocycles. The lowest BCUT2D eigenvalue weighted by Crippen LogP contribution is -2.66. The smallest absolute Gasteiger partial charge is 0.315 e. The van der Waals surface area contributed by atoms with E-state index in [1.54, 1.807) is 0 Å². The van der Waals surface area contributed by atoms with Gasteiger partial charge in [-0.15, -0.1) is 0 Å². The molecule has 0 bridgehead atoms. The molecule has 0 aromatic heterocycles. The molecule has 0 amide bonds. The Morgan fingerprint density at radius 3 is 2.06 bits per heavy atom. The number of allylic oxidation sites excluding steroid dienone is 2. The maximum atomic E-state index is 14.5. The van der Waals surface area contributed by atoms with Crippen molar-refractivity contribution in [1.29, 1.82) is 0 Å². The van der Waals surface area contributed by atoms with Crippen molar-refractivity contribution in [2.75, 3.05) is 19.8 Å². The van der Waals surface area contributed by atoms with E-state index in [0.29, 0.717) is 25.2 Å². The minimum Gasteiger partial charge on any atom is -0.432 e. The van der Waals surface area contributed by atoms with Crippen LogP contribution in [0.15, 0.2) is 11.6 Å². The monoisotopic (exact) mass is 882 g/mol. The van der Waals surface area contributed by atoms with Gasteiger partial charge in [-0.2, -0.15) is 0 Å². The highest BCUT2D eigenvalue weighted by atomic mass is 16.7. The summed E-state index contributed by atoms with van der Waals surface area (Å²) in [5.41, 5.74) is -0.103. The lowest BCUT2D eigenvalue weighted by molar-refractivity contribution is -0.351. The fourth-order valence-electron chi connectivity index (χ4n) is 14.5. The Balaban J connectivity index is 0.978. The van der Waals surface area contributed by atoms with E-state index in [2.05, 4.69) is 54.5 Å². The Labute approximate surface area is 364 Å². The van der Waals surface area contributed by atoms with Gasteiger partial charge in [0.05, 0.1) is 31.3 Å². The number of rotatable bonds is 7. The molecule has 16 nitrogen and oxygen atoms in total. The van der Waals surface area contributed by atoms with Crippen molar-refractivity contribution in [3.8, 4) is 0 Å². The van der Waals surface area contributed by atoms with Gasteiger partial charge in [0.25, 0.3) is 0 Å². The summed E-state index contributed by atoms with van der Waals surface area (Å²) in [4.78, 5) is 14.5. The van der Waals surface area contributed by atoms with E-state index >= 15 is 0 Å². The highest BCUT2D eigenvalue weighted by Crippen LogP contribution is 2.76. The van der Waals surface area contributed by atoms with Crippen LogP contribution in [-0.4, -0.2) is 158 Å². The number of fused-ring (bicyclic) bond motifs is 7. The Hall–Kier alpha value is -1.35. The summed E-state index contributed by atoms with van der Waals surface area (Å²) in [6, 6.07) is 0. The van der Waals surface area contributed by atoms with Crippen molar-refractivity contribution in [3.63, 3.8) is 0 Å². The number of ether oxygens (including phenoxy) is 6. The zero-order chi connectivity index (χ0) is 45.1. The molecular weight excluding hydrogens is 808 g/mol. The number of carbonyl (C=O) groups is 1. The molecule has 21 atom stereocenters. The lowest BCUT2D eigenvalue weighted by Gasteiger charge is -2.71. The molecular formula is C46H74O16. The Kier molecular flexibility index (Phi) is 12.5. The predicted molar refractivity (Wildman–Crippen MR) is 218 cm³/mol. The molecule has 0 radical (unpaired) electrons. The minimum absolute atomic E-state index is 0.00238. The van der Waals surface area contributed by atoms with Gasteiger partial charge in [0.2, 0.25) is 6.29 Å². The van der Waals surface area contributed by atoms with Crippen LogP contribution in [0.4, 0.5) is 0 Å². The first-order chi connectivity index (χ1) is 29.0. The largest absolute Gasteiger partial charge is 0.432 e. The van der Waals surface area contributed by atoms with Crippen LogP contribution in [0.3, 0.4) is 0 Å². The van der Waals surface area contributed by atoms with Gasteiger partial charge < -0.3 is 74.4 Å². The van der Waals surface area contributed by atoms with Crippen molar-refractivity contribution < 1.29 is 79.2 Å². The van der Waals surface area contributed by atoms with Gasteiger partial charge in [-0.05, 0) is 109 Å². The first kappa shape index (κ1) is 47.2. The Bertz CT molecular complexity index is 1690. The predicted octanol–water partition coefficient (Wildman–Crippen LogP) is 1.42. The minimum atomic E-state index is -1.67. The molecule has 8 rings (SSSR count). The van der Waals surface area contributed by atoms with E-state index in [9.17, 15) is 50.8 Å². The van der Waals surface area contributed by atoms with Gasteiger partial charge >= 0.3 is 5.97 Å². The molecule has 354 valence electrons. The van der Waals surface area contributed by atoms with E-state index in [0.717, 1.165) is 44.9 Å². The standard InChI is InChI=1S/C46H74O16/c1-41(2)14-16-46(40(56)62-38-34(53)30(49)24(48)20-57-38)17-15-44(6)22(23(46)18-41)8-9-28-43(5)12-11-29(42(3,4)27(43)10-13-45(28,44)7)61-37-35(54)32(51)26(21-58-37)60-39-36(55)33(52)31(50)25(19-47)59-39/h8,23-39,47-55H,9-21H2,1-7H3/t23?,24-,25+,26-,27?,28?,29-,30-,31+,32+,33+,34+,35+,36+,37-,38-,39-,43-,44?,45+,46-/m0/s1. The number of aliphatic hydroxyl groups is 9. The number of hydrogen-bond acceptors (Lipinski definition) is 16. The molecule has 0 aromatic rings. The van der Waals surface area contributed by atoms with Crippen molar-refractivity contribution in [1.82, 2.24) is 0 Å². The molecule has 9 N–H and O–H groups in total. The fraction of sp³-hybridized carbons (Fsp3) is 0.935. The van der Waals surface area contributed by atoms with Gasteiger partial charge in [-0.1, -0.05) is 60.1 Å². The summed E-state index contributed by atoms with van der Waals surface area (Å²) in [6.07, 6.45) is -8.16. The molecule has 0 spiro atoms. The summed E-state index contributed by atoms with van der Waals surface area (Å²) in [7, 11) is 0. The van der Waals surface area contributed by atoms with Gasteiger partial charge in [-0.25, -0.2) is 0 Å². The SMILES string of the molecule is CC1(C)CC[C@]2(C(=O)O[C@@H]3OC[C@H](O)[C@H](O)[C@H]3O)CCC3(C)C(=CCC4[C@@]5(C)CC[C@H](O[C@@H]6OC[C@H](O[C@@H]7O[C@H](CO)[C@@H](O)[C@@H](O)[C@H]7O)[C@@H](O)[C@H]6O)C(C)(C)C5CC[C@]43C)C2C1. The van der Waals surface area contributed by atoms with E-state index in [1.165, 1.54) is 5.57 Å². The molecule has 3 saturated heterocycles. The highest BCUT2D eigenvalue weighted by Gasteiger charge is 2.70. The van der Waals surface area contributed by atoms with Crippen molar-refractivity contribution in [2.24, 2.45) is 50.2 Å². The first-order valence-corrected chi connectivity index (χ1v) is 23.1. The second-order valence-corrected chi connectivity index (χ2v) is 22.6. The zero-order valence-corrected chi connectivity index (χ0v) is 37.5.